The summed E-state index contributed by atoms with van der Waals surface area (Å²) in [6.45, 7) is 4.88. The van der Waals surface area contributed by atoms with E-state index in [0.29, 0.717) is 30.5 Å². The lowest BCUT2D eigenvalue weighted by molar-refractivity contribution is -0.127. The van der Waals surface area contributed by atoms with Crippen LogP contribution < -0.4 is 10.6 Å². The topological polar surface area (TPSA) is 121 Å². The summed E-state index contributed by atoms with van der Waals surface area (Å²) in [4.78, 5) is 38.4. The number of amides is 2. The maximum absolute atomic E-state index is 12.3. The van der Waals surface area contributed by atoms with E-state index in [9.17, 15) is 9.59 Å². The van der Waals surface area contributed by atoms with Gasteiger partial charge in [-0.2, -0.15) is 5.10 Å². The normalized spacial score (nSPS) is 16.5. The third-order valence-corrected chi connectivity index (χ3v) is 6.74. The Morgan fingerprint density at radius 3 is 2.57 bits per heavy atom. The highest BCUT2D eigenvalue weighted by molar-refractivity contribution is 6.09. The van der Waals surface area contributed by atoms with E-state index in [1.54, 1.807) is 12.5 Å². The van der Waals surface area contributed by atoms with Gasteiger partial charge in [0.1, 0.15) is 5.65 Å². The van der Waals surface area contributed by atoms with Crippen molar-refractivity contribution >= 4 is 45.4 Å². The van der Waals surface area contributed by atoms with E-state index in [4.69, 9.17) is 5.10 Å². The zero-order valence-electron chi connectivity index (χ0n) is 19.2. The van der Waals surface area contributed by atoms with E-state index in [1.165, 1.54) is 6.08 Å². The number of hydrogen-bond donors (Lipinski definition) is 3. The average molecular weight is 471 g/mol. The number of aromatic amines is 1. The lowest BCUT2D eigenvalue weighted by atomic mass is 10.0. The Morgan fingerprint density at radius 1 is 1.09 bits per heavy atom. The minimum atomic E-state index is -0.0426. The summed E-state index contributed by atoms with van der Waals surface area (Å²) < 4.78 is 1.96. The third-order valence-electron chi connectivity index (χ3n) is 6.74. The number of likely N-dealkylation sites (tertiary alicyclic amines) is 1. The lowest BCUT2D eigenvalue weighted by Crippen LogP contribution is -2.38. The van der Waals surface area contributed by atoms with E-state index < -0.39 is 0 Å². The van der Waals surface area contributed by atoms with Crippen LogP contribution in [0.2, 0.25) is 0 Å². The van der Waals surface area contributed by atoms with E-state index in [-0.39, 0.29) is 17.9 Å². The highest BCUT2D eigenvalue weighted by Crippen LogP contribution is 2.33. The zero-order valence-corrected chi connectivity index (χ0v) is 19.2. The number of anilines is 2. The molecular formula is C25H26N8O2. The fraction of sp³-hybridized carbons (Fsp3) is 0.320. The maximum atomic E-state index is 12.3. The van der Waals surface area contributed by atoms with Gasteiger partial charge < -0.3 is 20.5 Å². The summed E-state index contributed by atoms with van der Waals surface area (Å²) in [6, 6.07) is 7.81. The van der Waals surface area contributed by atoms with Crippen molar-refractivity contribution in [1.82, 2.24) is 34.9 Å². The van der Waals surface area contributed by atoms with E-state index in [2.05, 4.69) is 32.2 Å². The SMILES string of the molecule is C=CC(=O)N1CCC(n2nc(Nc3ccc(C(=O)NC4CC4)cc3)c3cnc4[nH]cnc2c43)CC1. The van der Waals surface area contributed by atoms with Crippen molar-refractivity contribution < 1.29 is 9.59 Å². The Bertz CT molecular complexity index is 1430. The molecule has 2 amide bonds. The number of rotatable bonds is 6. The number of hydrogen-bond acceptors (Lipinski definition) is 6. The minimum Gasteiger partial charge on any atom is -0.349 e. The molecule has 178 valence electrons. The molecule has 0 unspecified atom stereocenters. The van der Waals surface area contributed by atoms with Gasteiger partial charge in [0, 0.05) is 36.6 Å². The second kappa shape index (κ2) is 8.53. The first-order valence-corrected chi connectivity index (χ1v) is 11.9. The summed E-state index contributed by atoms with van der Waals surface area (Å²) >= 11 is 0. The van der Waals surface area contributed by atoms with Crippen LogP contribution in [-0.2, 0) is 4.79 Å². The first-order chi connectivity index (χ1) is 17.1. The lowest BCUT2D eigenvalue weighted by Gasteiger charge is -2.32. The molecule has 2 fully saturated rings. The van der Waals surface area contributed by atoms with Crippen LogP contribution in [-0.4, -0.2) is 60.6 Å². The molecule has 3 aromatic heterocycles. The van der Waals surface area contributed by atoms with Gasteiger partial charge in [-0.1, -0.05) is 6.58 Å². The molecule has 4 heterocycles. The van der Waals surface area contributed by atoms with Crippen LogP contribution in [0, 0.1) is 0 Å². The Morgan fingerprint density at radius 2 is 1.86 bits per heavy atom. The van der Waals surface area contributed by atoms with Crippen LogP contribution in [0.1, 0.15) is 42.1 Å². The predicted octanol–water partition coefficient (Wildman–Crippen LogP) is 3.29. The van der Waals surface area contributed by atoms with Crippen molar-refractivity contribution in [3.05, 3.63) is 55.0 Å². The van der Waals surface area contributed by atoms with Crippen molar-refractivity contribution in [2.75, 3.05) is 18.4 Å². The molecule has 10 heteroatoms. The van der Waals surface area contributed by atoms with Gasteiger partial charge in [0.2, 0.25) is 5.91 Å². The molecule has 0 radical (unpaired) electrons. The van der Waals surface area contributed by atoms with Crippen LogP contribution in [0.5, 0.6) is 0 Å². The molecule has 1 aliphatic heterocycles. The van der Waals surface area contributed by atoms with Gasteiger partial charge in [-0.25, -0.2) is 14.6 Å². The predicted molar refractivity (Wildman–Crippen MR) is 132 cm³/mol. The first-order valence-electron chi connectivity index (χ1n) is 11.9. The van der Waals surface area contributed by atoms with Crippen LogP contribution in [0.3, 0.4) is 0 Å². The van der Waals surface area contributed by atoms with Gasteiger partial charge in [0.05, 0.1) is 23.1 Å². The molecule has 1 saturated carbocycles. The largest absolute Gasteiger partial charge is 0.349 e. The van der Waals surface area contributed by atoms with Crippen LogP contribution in [0.25, 0.3) is 22.1 Å². The minimum absolute atomic E-state index is 0.0421. The fourth-order valence-electron chi connectivity index (χ4n) is 4.65. The molecule has 1 aromatic carbocycles. The third kappa shape index (κ3) is 4.01. The number of H-pyrrole nitrogens is 1. The van der Waals surface area contributed by atoms with Crippen molar-refractivity contribution in [2.24, 2.45) is 0 Å². The standard InChI is InChI=1S/C25H26N8O2/c1-2-20(34)32-11-9-18(10-12-32)33-24-21-19(13-26-23(21)27-14-28-24)22(31-33)29-16-5-3-15(4-6-16)25(35)30-17-7-8-17/h2-6,13-14,17-18H,1,7-12H2,(H,29,31)(H,30,35)(H,26,27,28). The second-order valence-electron chi connectivity index (χ2n) is 9.13. The highest BCUT2D eigenvalue weighted by atomic mass is 16.2. The fourth-order valence-corrected chi connectivity index (χ4v) is 4.65. The Kier molecular flexibility index (Phi) is 5.20. The van der Waals surface area contributed by atoms with Crippen LogP contribution in [0.4, 0.5) is 11.5 Å². The maximum Gasteiger partial charge on any atom is 0.251 e. The Hall–Kier alpha value is -4.21. The summed E-state index contributed by atoms with van der Waals surface area (Å²) in [5.74, 6) is 0.583. The summed E-state index contributed by atoms with van der Waals surface area (Å²) in [5.41, 5.74) is 2.97. The van der Waals surface area contributed by atoms with Crippen LogP contribution >= 0.6 is 0 Å². The molecule has 1 aliphatic carbocycles. The van der Waals surface area contributed by atoms with Gasteiger partial charge in [-0.3, -0.25) is 9.59 Å². The molecule has 0 spiro atoms. The van der Waals surface area contributed by atoms with Crippen molar-refractivity contribution in [3.8, 4) is 0 Å². The number of piperidine rings is 1. The molecule has 4 aromatic rings. The molecule has 0 atom stereocenters. The molecule has 6 rings (SSSR count). The molecule has 2 aliphatic rings. The molecular weight excluding hydrogens is 444 g/mol. The number of benzene rings is 1. The molecule has 35 heavy (non-hydrogen) atoms. The van der Waals surface area contributed by atoms with Crippen molar-refractivity contribution in [2.45, 2.75) is 37.8 Å². The smallest absolute Gasteiger partial charge is 0.251 e. The second-order valence-corrected chi connectivity index (χ2v) is 9.13. The van der Waals surface area contributed by atoms with Crippen molar-refractivity contribution in [3.63, 3.8) is 0 Å². The number of nitrogens with zero attached hydrogens (tertiary/aromatic N) is 5. The molecule has 10 nitrogen and oxygen atoms in total. The van der Waals surface area contributed by atoms with E-state index in [1.807, 2.05) is 33.8 Å². The number of aromatic nitrogens is 5. The number of carbonyl (C=O) groups is 2. The summed E-state index contributed by atoms with van der Waals surface area (Å²) in [5, 5.41) is 13.2. The number of nitrogens with one attached hydrogen (secondary N) is 3. The number of carbonyl (C=O) groups excluding carboxylic acids is 2. The Labute approximate surface area is 201 Å². The van der Waals surface area contributed by atoms with Crippen molar-refractivity contribution in [1.29, 1.82) is 0 Å². The first kappa shape index (κ1) is 21.3. The molecule has 0 bridgehead atoms. The van der Waals surface area contributed by atoms with Gasteiger partial charge in [0.15, 0.2) is 11.5 Å². The van der Waals surface area contributed by atoms with Gasteiger partial charge in [-0.05, 0) is 56.0 Å². The van der Waals surface area contributed by atoms with Gasteiger partial charge in [0.25, 0.3) is 5.91 Å². The van der Waals surface area contributed by atoms with Gasteiger partial charge in [-0.15, -0.1) is 0 Å². The molecule has 3 N–H and O–H groups in total. The van der Waals surface area contributed by atoms with Crippen LogP contribution in [0.15, 0.2) is 49.4 Å². The Balaban J connectivity index is 1.31. The van der Waals surface area contributed by atoms with E-state index >= 15 is 0 Å². The monoisotopic (exact) mass is 470 g/mol. The highest BCUT2D eigenvalue weighted by Gasteiger charge is 2.27. The van der Waals surface area contributed by atoms with E-state index in [0.717, 1.165) is 53.4 Å². The van der Waals surface area contributed by atoms with Gasteiger partial charge >= 0.3 is 0 Å². The zero-order chi connectivity index (χ0) is 23.9. The average Bonchev–Trinajstić information content (AvgIpc) is 3.61. The summed E-state index contributed by atoms with van der Waals surface area (Å²) in [7, 11) is 0. The summed E-state index contributed by atoms with van der Waals surface area (Å²) in [6.07, 6.45) is 8.44. The quantitative estimate of drug-likeness (QED) is 0.372. The molecule has 1 saturated heterocycles.